The van der Waals surface area contributed by atoms with E-state index in [4.69, 9.17) is 0 Å². The molecule has 1 amide bonds. The highest BCUT2D eigenvalue weighted by Gasteiger charge is 2.09. The molecule has 0 fully saturated rings. The standard InChI is InChI=1S/C14H15N7OS/c1-11(22)16-12-4-2-5-13(10-12)21-14(17-18-19-21)23-9-8-20-7-3-6-15-20/h2-7,10H,8-9H2,1H3,(H,16,22). The molecular weight excluding hydrogens is 314 g/mol. The van der Waals surface area contributed by atoms with E-state index >= 15 is 0 Å². The molecule has 1 aromatic carbocycles. The van der Waals surface area contributed by atoms with Gasteiger partial charge in [-0.1, -0.05) is 17.8 Å². The van der Waals surface area contributed by atoms with E-state index in [1.54, 1.807) is 22.6 Å². The van der Waals surface area contributed by atoms with Gasteiger partial charge in [0.25, 0.3) is 0 Å². The van der Waals surface area contributed by atoms with Gasteiger partial charge < -0.3 is 5.32 Å². The van der Waals surface area contributed by atoms with E-state index in [9.17, 15) is 4.79 Å². The molecule has 0 spiro atoms. The summed E-state index contributed by atoms with van der Waals surface area (Å²) in [6, 6.07) is 9.27. The van der Waals surface area contributed by atoms with Crippen LogP contribution in [0.15, 0.2) is 47.9 Å². The second-order valence-corrected chi connectivity index (χ2v) is 5.78. The van der Waals surface area contributed by atoms with E-state index in [2.05, 4.69) is 25.9 Å². The number of hydrogen-bond acceptors (Lipinski definition) is 6. The minimum atomic E-state index is -0.118. The van der Waals surface area contributed by atoms with Crippen LogP contribution in [0.25, 0.3) is 5.69 Å². The summed E-state index contributed by atoms with van der Waals surface area (Å²) in [6.07, 6.45) is 3.67. The SMILES string of the molecule is CC(=O)Nc1cccc(-n2nnnc2SCCn2cccn2)c1. The Labute approximate surface area is 136 Å². The Kier molecular flexibility index (Phi) is 4.67. The van der Waals surface area contributed by atoms with Crippen molar-refractivity contribution < 1.29 is 4.79 Å². The zero-order valence-corrected chi connectivity index (χ0v) is 13.3. The first-order valence-electron chi connectivity index (χ1n) is 6.99. The quantitative estimate of drug-likeness (QED) is 0.691. The molecule has 2 aromatic heterocycles. The molecule has 0 saturated heterocycles. The number of aromatic nitrogens is 6. The van der Waals surface area contributed by atoms with Crippen molar-refractivity contribution in [3.8, 4) is 5.69 Å². The number of benzene rings is 1. The molecule has 0 aliphatic carbocycles. The minimum absolute atomic E-state index is 0.118. The summed E-state index contributed by atoms with van der Waals surface area (Å²) in [5.41, 5.74) is 1.50. The topological polar surface area (TPSA) is 90.5 Å². The lowest BCUT2D eigenvalue weighted by Crippen LogP contribution is -2.07. The number of nitrogens with one attached hydrogen (secondary N) is 1. The van der Waals surface area contributed by atoms with Crippen LogP contribution < -0.4 is 5.32 Å². The third-order valence-corrected chi connectivity index (χ3v) is 3.86. The summed E-state index contributed by atoms with van der Waals surface area (Å²) in [5.74, 6) is 0.681. The van der Waals surface area contributed by atoms with E-state index in [0.29, 0.717) is 10.8 Å². The zero-order chi connectivity index (χ0) is 16.1. The predicted molar refractivity (Wildman–Crippen MR) is 86.4 cm³/mol. The lowest BCUT2D eigenvalue weighted by atomic mass is 10.3. The average Bonchev–Trinajstić information content (AvgIpc) is 3.18. The Balaban J connectivity index is 1.71. The van der Waals surface area contributed by atoms with Crippen molar-refractivity contribution in [1.82, 2.24) is 30.0 Å². The molecule has 23 heavy (non-hydrogen) atoms. The van der Waals surface area contributed by atoms with Crippen LogP contribution in [-0.4, -0.2) is 41.6 Å². The maximum absolute atomic E-state index is 11.2. The Bertz CT molecular complexity index is 784. The van der Waals surface area contributed by atoms with E-state index in [0.717, 1.165) is 18.0 Å². The van der Waals surface area contributed by atoms with Crippen molar-refractivity contribution >= 4 is 23.4 Å². The number of tetrazole rings is 1. The van der Waals surface area contributed by atoms with Gasteiger partial charge >= 0.3 is 0 Å². The molecule has 8 nitrogen and oxygen atoms in total. The molecule has 0 aliphatic heterocycles. The second kappa shape index (κ2) is 7.05. The van der Waals surface area contributed by atoms with Crippen LogP contribution in [0.1, 0.15) is 6.92 Å². The summed E-state index contributed by atoms with van der Waals surface area (Å²) in [6.45, 7) is 2.25. The van der Waals surface area contributed by atoms with Crippen LogP contribution in [0, 0.1) is 0 Å². The molecule has 0 unspecified atom stereocenters. The van der Waals surface area contributed by atoms with Gasteiger partial charge in [-0.05, 0) is 34.7 Å². The highest BCUT2D eigenvalue weighted by molar-refractivity contribution is 7.99. The number of anilines is 1. The Morgan fingerprint density at radius 1 is 1.35 bits per heavy atom. The van der Waals surface area contributed by atoms with Crippen LogP contribution in [0.5, 0.6) is 0 Å². The fourth-order valence-corrected chi connectivity index (χ4v) is 2.83. The van der Waals surface area contributed by atoms with Crippen molar-refractivity contribution in [2.24, 2.45) is 0 Å². The normalized spacial score (nSPS) is 10.7. The first kappa shape index (κ1) is 15.2. The van der Waals surface area contributed by atoms with Crippen molar-refractivity contribution in [3.63, 3.8) is 0 Å². The fourth-order valence-electron chi connectivity index (χ4n) is 2.01. The number of carbonyl (C=O) groups is 1. The van der Waals surface area contributed by atoms with Crippen LogP contribution in [0.2, 0.25) is 0 Å². The van der Waals surface area contributed by atoms with Gasteiger partial charge in [-0.15, -0.1) is 5.10 Å². The summed E-state index contributed by atoms with van der Waals surface area (Å²) in [7, 11) is 0. The molecular formula is C14H15N7OS. The van der Waals surface area contributed by atoms with Crippen LogP contribution in [-0.2, 0) is 11.3 Å². The van der Waals surface area contributed by atoms with Gasteiger partial charge in [-0.25, -0.2) is 0 Å². The first-order chi connectivity index (χ1) is 11.2. The number of rotatable bonds is 6. The van der Waals surface area contributed by atoms with Gasteiger partial charge in [0, 0.05) is 30.8 Å². The van der Waals surface area contributed by atoms with Gasteiger partial charge in [0.1, 0.15) is 0 Å². The minimum Gasteiger partial charge on any atom is -0.326 e. The fraction of sp³-hybridized carbons (Fsp3) is 0.214. The van der Waals surface area contributed by atoms with Crippen LogP contribution >= 0.6 is 11.8 Å². The van der Waals surface area contributed by atoms with Crippen molar-refractivity contribution in [2.75, 3.05) is 11.1 Å². The predicted octanol–water partition coefficient (Wildman–Crippen LogP) is 1.61. The van der Waals surface area contributed by atoms with Crippen LogP contribution in [0.3, 0.4) is 0 Å². The molecule has 3 rings (SSSR count). The molecule has 0 aliphatic rings. The van der Waals surface area contributed by atoms with Crippen molar-refractivity contribution in [3.05, 3.63) is 42.7 Å². The Morgan fingerprint density at radius 3 is 3.04 bits per heavy atom. The molecule has 9 heteroatoms. The summed E-state index contributed by atoms with van der Waals surface area (Å²) < 4.78 is 3.51. The second-order valence-electron chi connectivity index (χ2n) is 4.72. The maximum Gasteiger partial charge on any atom is 0.221 e. The smallest absolute Gasteiger partial charge is 0.221 e. The summed E-state index contributed by atoms with van der Waals surface area (Å²) in [4.78, 5) is 11.2. The van der Waals surface area contributed by atoms with E-state index < -0.39 is 0 Å². The zero-order valence-electron chi connectivity index (χ0n) is 12.5. The molecule has 0 radical (unpaired) electrons. The third-order valence-electron chi connectivity index (χ3n) is 2.96. The average molecular weight is 329 g/mol. The largest absolute Gasteiger partial charge is 0.326 e. The molecule has 0 saturated carbocycles. The van der Waals surface area contributed by atoms with Crippen molar-refractivity contribution in [2.45, 2.75) is 18.6 Å². The van der Waals surface area contributed by atoms with Crippen LogP contribution in [0.4, 0.5) is 5.69 Å². The summed E-state index contributed by atoms with van der Waals surface area (Å²) in [5, 5.41) is 19.4. The van der Waals surface area contributed by atoms with Gasteiger partial charge in [0.15, 0.2) is 0 Å². The molecule has 0 atom stereocenters. The first-order valence-corrected chi connectivity index (χ1v) is 7.97. The lowest BCUT2D eigenvalue weighted by Gasteiger charge is -2.07. The van der Waals surface area contributed by atoms with Crippen molar-refractivity contribution in [1.29, 1.82) is 0 Å². The van der Waals surface area contributed by atoms with E-state index in [1.165, 1.54) is 6.92 Å². The lowest BCUT2D eigenvalue weighted by molar-refractivity contribution is -0.114. The van der Waals surface area contributed by atoms with Gasteiger partial charge in [0.05, 0.1) is 12.2 Å². The van der Waals surface area contributed by atoms with Gasteiger partial charge in [-0.2, -0.15) is 9.78 Å². The number of amides is 1. The molecule has 2 heterocycles. The Hall–Kier alpha value is -2.68. The van der Waals surface area contributed by atoms with Gasteiger partial charge in [0.2, 0.25) is 11.1 Å². The maximum atomic E-state index is 11.2. The number of carbonyl (C=O) groups excluding carboxylic acids is 1. The third kappa shape index (κ3) is 3.95. The molecule has 0 bridgehead atoms. The Morgan fingerprint density at radius 2 is 2.26 bits per heavy atom. The van der Waals surface area contributed by atoms with E-state index in [1.807, 2.05) is 41.2 Å². The molecule has 118 valence electrons. The monoisotopic (exact) mass is 329 g/mol. The summed E-state index contributed by atoms with van der Waals surface area (Å²) >= 11 is 1.55. The number of aryl methyl sites for hydroxylation is 1. The van der Waals surface area contributed by atoms with E-state index in [-0.39, 0.29) is 5.91 Å². The molecule has 1 N–H and O–H groups in total. The number of nitrogens with zero attached hydrogens (tertiary/aromatic N) is 6. The highest BCUT2D eigenvalue weighted by atomic mass is 32.2. The highest BCUT2D eigenvalue weighted by Crippen LogP contribution is 2.20. The van der Waals surface area contributed by atoms with Gasteiger partial charge in [-0.3, -0.25) is 9.48 Å². The number of hydrogen-bond donors (Lipinski definition) is 1. The molecule has 3 aromatic rings. The number of thioether (sulfide) groups is 1.